The van der Waals surface area contributed by atoms with Gasteiger partial charge in [-0.3, -0.25) is 0 Å². The topological polar surface area (TPSA) is 52.6 Å². The first-order valence-electron chi connectivity index (χ1n) is 4.22. The Morgan fingerprint density at radius 2 is 1.73 bits per heavy atom. The minimum atomic E-state index is -0.987. The molecule has 0 aromatic heterocycles. The summed E-state index contributed by atoms with van der Waals surface area (Å²) in [5.41, 5.74) is 0.518. The zero-order valence-electron chi connectivity index (χ0n) is 8.01. The van der Waals surface area contributed by atoms with Crippen molar-refractivity contribution in [2.45, 2.75) is 0 Å². The summed E-state index contributed by atoms with van der Waals surface area (Å²) in [6.45, 7) is 6.99. The second-order valence-electron chi connectivity index (χ2n) is 2.64. The molecule has 4 nitrogen and oxygen atoms in total. The summed E-state index contributed by atoms with van der Waals surface area (Å²) in [5.74, 6) is -1.97. The normalized spacial score (nSPS) is 16.5. The second-order valence-corrected chi connectivity index (χ2v) is 2.64. The third-order valence-corrected chi connectivity index (χ3v) is 1.60. The summed E-state index contributed by atoms with van der Waals surface area (Å²) in [6, 6.07) is 0. The Labute approximate surface area is 87.7 Å². The Kier molecular flexibility index (Phi) is 3.68. The molecule has 0 radical (unpaired) electrons. The fourth-order valence-electron chi connectivity index (χ4n) is 0.979. The van der Waals surface area contributed by atoms with Crippen LogP contribution >= 0.6 is 0 Å². The molecule has 0 aromatic carbocycles. The zero-order chi connectivity index (χ0) is 11.3. The molecule has 15 heavy (non-hydrogen) atoms. The van der Waals surface area contributed by atoms with Crippen molar-refractivity contribution in [1.82, 2.24) is 0 Å². The number of hydrogen-bond acceptors (Lipinski definition) is 4. The fraction of sp³-hybridized carbons (Fsp3) is 0. The van der Waals surface area contributed by atoms with Crippen LogP contribution in [0.5, 0.6) is 0 Å². The van der Waals surface area contributed by atoms with Gasteiger partial charge in [-0.05, 0) is 0 Å². The lowest BCUT2D eigenvalue weighted by atomic mass is 9.78. The Balaban J connectivity index is 2.83. The van der Waals surface area contributed by atoms with Gasteiger partial charge in [-0.25, -0.2) is 9.59 Å². The molecule has 0 bridgehead atoms. The molecule has 1 aliphatic rings. The van der Waals surface area contributed by atoms with Gasteiger partial charge in [0.15, 0.2) is 0 Å². The van der Waals surface area contributed by atoms with E-state index in [9.17, 15) is 9.59 Å². The van der Waals surface area contributed by atoms with Gasteiger partial charge >= 0.3 is 19.1 Å². The minimum absolute atomic E-state index is 0.518. The second kappa shape index (κ2) is 5.00. The maximum Gasteiger partial charge on any atom is 0.637 e. The molecule has 0 saturated carbocycles. The highest BCUT2D eigenvalue weighted by atomic mass is 16.7. The molecule has 0 unspecified atom stereocenters. The van der Waals surface area contributed by atoms with E-state index in [4.69, 9.17) is 0 Å². The van der Waals surface area contributed by atoms with Gasteiger partial charge in [0.1, 0.15) is 0 Å². The predicted molar refractivity (Wildman–Crippen MR) is 55.6 cm³/mol. The van der Waals surface area contributed by atoms with E-state index in [0.29, 0.717) is 5.47 Å². The van der Waals surface area contributed by atoms with E-state index >= 15 is 0 Å². The fourth-order valence-corrected chi connectivity index (χ4v) is 0.979. The molecule has 1 saturated heterocycles. The Bertz CT molecular complexity index is 352. The van der Waals surface area contributed by atoms with E-state index in [1.54, 1.807) is 24.3 Å². The van der Waals surface area contributed by atoms with Crippen LogP contribution in [0.1, 0.15) is 0 Å². The SMILES string of the molecule is C=C/C=C\C(=C/C=C)B1OC(=O)C(=O)O1. The number of hydrogen-bond donors (Lipinski definition) is 0. The first-order valence-corrected chi connectivity index (χ1v) is 4.22. The van der Waals surface area contributed by atoms with Gasteiger partial charge in [0.25, 0.3) is 0 Å². The van der Waals surface area contributed by atoms with Crippen molar-refractivity contribution in [3.8, 4) is 0 Å². The van der Waals surface area contributed by atoms with E-state index < -0.39 is 19.1 Å². The van der Waals surface area contributed by atoms with Gasteiger partial charge in [-0.2, -0.15) is 0 Å². The lowest BCUT2D eigenvalue weighted by Gasteiger charge is -2.01. The molecule has 76 valence electrons. The number of carbonyl (C=O) groups is 2. The average Bonchev–Trinajstić information content (AvgIpc) is 2.54. The highest BCUT2D eigenvalue weighted by Gasteiger charge is 2.42. The van der Waals surface area contributed by atoms with Crippen molar-refractivity contribution in [3.63, 3.8) is 0 Å². The highest BCUT2D eigenvalue weighted by molar-refractivity contribution is 6.66. The van der Waals surface area contributed by atoms with Crippen LogP contribution < -0.4 is 0 Å². The van der Waals surface area contributed by atoms with Crippen LogP contribution in [0.3, 0.4) is 0 Å². The molecule has 0 aromatic rings. The smallest absolute Gasteiger partial charge is 0.487 e. The van der Waals surface area contributed by atoms with Crippen LogP contribution in [0, 0.1) is 0 Å². The first kappa shape index (κ1) is 11.0. The molecule has 1 aliphatic heterocycles. The lowest BCUT2D eigenvalue weighted by Crippen LogP contribution is -2.17. The summed E-state index contributed by atoms with van der Waals surface area (Å²) >= 11 is 0. The number of carbonyl (C=O) groups excluding carboxylic acids is 2. The lowest BCUT2D eigenvalue weighted by molar-refractivity contribution is -0.150. The molecule has 0 N–H and O–H groups in total. The average molecular weight is 204 g/mol. The molecule has 0 aliphatic carbocycles. The molecule has 0 amide bonds. The molecule has 5 heteroatoms. The highest BCUT2D eigenvalue weighted by Crippen LogP contribution is 2.13. The summed E-state index contributed by atoms with van der Waals surface area (Å²) in [6.07, 6.45) is 7.88. The van der Waals surface area contributed by atoms with Gasteiger partial charge in [0, 0.05) is 5.47 Å². The molecule has 0 spiro atoms. The summed E-state index contributed by atoms with van der Waals surface area (Å²) in [5, 5.41) is 0. The largest absolute Gasteiger partial charge is 0.637 e. The van der Waals surface area contributed by atoms with Gasteiger partial charge in [-0.1, -0.05) is 43.5 Å². The predicted octanol–water partition coefficient (Wildman–Crippen LogP) is 0.968. The summed E-state index contributed by atoms with van der Waals surface area (Å²) in [7, 11) is -0.987. The summed E-state index contributed by atoms with van der Waals surface area (Å²) < 4.78 is 9.35. The summed E-state index contributed by atoms with van der Waals surface area (Å²) in [4.78, 5) is 21.5. The van der Waals surface area contributed by atoms with Crippen molar-refractivity contribution in [2.75, 3.05) is 0 Å². The van der Waals surface area contributed by atoms with Crippen LogP contribution in [-0.4, -0.2) is 19.1 Å². The van der Waals surface area contributed by atoms with E-state index in [1.807, 2.05) is 0 Å². The molecular formula is C10H9BO4. The molecular weight excluding hydrogens is 195 g/mol. The van der Waals surface area contributed by atoms with Crippen LogP contribution in [0.4, 0.5) is 0 Å². The number of allylic oxidation sites excluding steroid dienone is 6. The van der Waals surface area contributed by atoms with E-state index in [-0.39, 0.29) is 0 Å². The Hall–Kier alpha value is -2.04. The third-order valence-electron chi connectivity index (χ3n) is 1.60. The third kappa shape index (κ3) is 2.70. The maximum absolute atomic E-state index is 10.8. The van der Waals surface area contributed by atoms with Crippen molar-refractivity contribution in [1.29, 1.82) is 0 Å². The molecule has 1 fully saturated rings. The number of rotatable bonds is 4. The quantitative estimate of drug-likeness (QED) is 0.389. The van der Waals surface area contributed by atoms with E-state index in [1.165, 1.54) is 6.08 Å². The van der Waals surface area contributed by atoms with E-state index in [2.05, 4.69) is 22.5 Å². The van der Waals surface area contributed by atoms with E-state index in [0.717, 1.165) is 0 Å². The Morgan fingerprint density at radius 1 is 1.13 bits per heavy atom. The van der Waals surface area contributed by atoms with Gasteiger partial charge in [-0.15, -0.1) is 0 Å². The Morgan fingerprint density at radius 3 is 2.20 bits per heavy atom. The van der Waals surface area contributed by atoms with Gasteiger partial charge in [0.2, 0.25) is 0 Å². The van der Waals surface area contributed by atoms with Gasteiger partial charge in [0.05, 0.1) is 0 Å². The van der Waals surface area contributed by atoms with Crippen LogP contribution in [0.2, 0.25) is 0 Å². The van der Waals surface area contributed by atoms with Crippen molar-refractivity contribution in [3.05, 3.63) is 49.0 Å². The van der Waals surface area contributed by atoms with Crippen molar-refractivity contribution >= 4 is 19.1 Å². The van der Waals surface area contributed by atoms with Crippen LogP contribution in [0.15, 0.2) is 49.0 Å². The molecule has 0 atom stereocenters. The van der Waals surface area contributed by atoms with Crippen LogP contribution in [0.25, 0.3) is 0 Å². The standard InChI is InChI=1S/C10H9BO4/c1-3-5-7-8(6-4-2)11-14-9(12)10(13)15-11/h3-7H,1-2H2/b7-5-,8-6+. The first-order chi connectivity index (χ1) is 7.19. The van der Waals surface area contributed by atoms with Crippen molar-refractivity contribution < 1.29 is 18.9 Å². The zero-order valence-corrected chi connectivity index (χ0v) is 8.01. The monoisotopic (exact) mass is 204 g/mol. The maximum atomic E-state index is 10.8. The molecule has 1 heterocycles. The molecule has 1 rings (SSSR count). The minimum Gasteiger partial charge on any atom is -0.487 e. The van der Waals surface area contributed by atoms with Crippen LogP contribution in [-0.2, 0) is 18.9 Å². The van der Waals surface area contributed by atoms with Crippen molar-refractivity contribution in [2.24, 2.45) is 0 Å². The van der Waals surface area contributed by atoms with Gasteiger partial charge < -0.3 is 9.31 Å².